The van der Waals surface area contributed by atoms with Crippen LogP contribution in [0.1, 0.15) is 13.3 Å². The van der Waals surface area contributed by atoms with Crippen molar-refractivity contribution in [3.63, 3.8) is 0 Å². The van der Waals surface area contributed by atoms with Crippen molar-refractivity contribution < 1.29 is 14.6 Å². The Morgan fingerprint density at radius 2 is 2.32 bits per heavy atom. The molecule has 0 spiro atoms. The molecule has 0 aliphatic carbocycles. The van der Waals surface area contributed by atoms with Gasteiger partial charge in [0.2, 0.25) is 5.91 Å². The van der Waals surface area contributed by atoms with E-state index in [0.717, 1.165) is 5.75 Å². The van der Waals surface area contributed by atoms with E-state index in [4.69, 9.17) is 15.6 Å². The minimum Gasteiger partial charge on any atom is -0.494 e. The average Bonchev–Trinajstić information content (AvgIpc) is 2.40. The van der Waals surface area contributed by atoms with E-state index in [1.54, 1.807) is 18.2 Å². The van der Waals surface area contributed by atoms with E-state index in [9.17, 15) is 4.79 Å². The molecule has 0 radical (unpaired) electrons. The van der Waals surface area contributed by atoms with Crippen molar-refractivity contribution in [2.45, 2.75) is 18.6 Å². The van der Waals surface area contributed by atoms with Crippen molar-refractivity contribution in [1.82, 2.24) is 0 Å². The summed E-state index contributed by atoms with van der Waals surface area (Å²) in [6.07, 6.45) is 0.688. The number of nitrogen functional groups attached to an aromatic ring is 1. The number of nitrogens with one attached hydrogen (secondary N) is 1. The first-order chi connectivity index (χ1) is 9.08. The number of rotatable bonds is 7. The third-order valence-electron chi connectivity index (χ3n) is 2.52. The summed E-state index contributed by atoms with van der Waals surface area (Å²) in [4.78, 5) is 12.0. The fourth-order valence-electron chi connectivity index (χ4n) is 1.45. The average molecular weight is 284 g/mol. The summed E-state index contributed by atoms with van der Waals surface area (Å²) in [5.41, 5.74) is 6.85. The molecule has 0 fully saturated rings. The summed E-state index contributed by atoms with van der Waals surface area (Å²) in [6, 6.07) is 5.10. The molecule has 106 valence electrons. The maximum atomic E-state index is 12.0. The molecule has 0 heterocycles. The van der Waals surface area contributed by atoms with Crippen LogP contribution in [-0.2, 0) is 4.79 Å². The molecule has 0 saturated heterocycles. The lowest BCUT2D eigenvalue weighted by atomic mass is 10.2. The first-order valence-corrected chi connectivity index (χ1v) is 7.10. The van der Waals surface area contributed by atoms with Gasteiger partial charge in [0.25, 0.3) is 0 Å². The van der Waals surface area contributed by atoms with E-state index in [-0.39, 0.29) is 17.8 Å². The largest absolute Gasteiger partial charge is 0.494 e. The van der Waals surface area contributed by atoms with Gasteiger partial charge >= 0.3 is 0 Å². The maximum Gasteiger partial charge on any atom is 0.237 e. The second kappa shape index (κ2) is 7.91. The van der Waals surface area contributed by atoms with Crippen molar-refractivity contribution in [2.75, 3.05) is 30.5 Å². The van der Waals surface area contributed by atoms with Crippen LogP contribution in [0.2, 0.25) is 0 Å². The van der Waals surface area contributed by atoms with Crippen LogP contribution in [0.5, 0.6) is 5.75 Å². The van der Waals surface area contributed by atoms with Crippen LogP contribution in [0, 0.1) is 0 Å². The molecule has 0 aliphatic heterocycles. The molecule has 0 saturated carbocycles. The zero-order chi connectivity index (χ0) is 14.3. The van der Waals surface area contributed by atoms with Gasteiger partial charge in [0.05, 0.1) is 18.0 Å². The van der Waals surface area contributed by atoms with Gasteiger partial charge in [-0.3, -0.25) is 4.79 Å². The number of thioether (sulfide) groups is 1. The number of methoxy groups -OCH3 is 1. The van der Waals surface area contributed by atoms with Crippen LogP contribution < -0.4 is 15.8 Å². The Labute approximate surface area is 117 Å². The number of amides is 1. The van der Waals surface area contributed by atoms with Crippen LogP contribution >= 0.6 is 11.8 Å². The number of aliphatic hydroxyl groups excluding tert-OH is 1. The molecule has 1 aromatic carbocycles. The molecule has 6 heteroatoms. The van der Waals surface area contributed by atoms with Crippen LogP contribution in [0.4, 0.5) is 11.4 Å². The lowest BCUT2D eigenvalue weighted by Crippen LogP contribution is -2.23. The predicted octanol–water partition coefficient (Wildman–Crippen LogP) is 1.72. The smallest absolute Gasteiger partial charge is 0.237 e. The minimum atomic E-state index is -0.186. The summed E-state index contributed by atoms with van der Waals surface area (Å²) in [7, 11) is 1.53. The van der Waals surface area contributed by atoms with E-state index in [1.165, 1.54) is 18.9 Å². The Morgan fingerprint density at radius 1 is 1.58 bits per heavy atom. The van der Waals surface area contributed by atoms with E-state index in [1.807, 2.05) is 6.92 Å². The molecule has 0 aliphatic rings. The van der Waals surface area contributed by atoms with Crippen molar-refractivity contribution >= 4 is 29.0 Å². The number of aliphatic hydroxyl groups is 1. The predicted molar refractivity (Wildman–Crippen MR) is 79.7 cm³/mol. The van der Waals surface area contributed by atoms with E-state index in [2.05, 4.69) is 5.32 Å². The summed E-state index contributed by atoms with van der Waals surface area (Å²) in [6.45, 7) is 1.98. The third kappa shape index (κ3) is 5.00. The van der Waals surface area contributed by atoms with Gasteiger partial charge in [0.15, 0.2) is 0 Å². The van der Waals surface area contributed by atoms with Gasteiger partial charge in [-0.1, -0.05) is 0 Å². The molecule has 1 aromatic rings. The molecule has 19 heavy (non-hydrogen) atoms. The van der Waals surface area contributed by atoms with Crippen LogP contribution in [-0.4, -0.2) is 35.7 Å². The summed E-state index contributed by atoms with van der Waals surface area (Å²) >= 11 is 1.51. The first kappa shape index (κ1) is 15.7. The highest BCUT2D eigenvalue weighted by Crippen LogP contribution is 2.27. The second-order valence-electron chi connectivity index (χ2n) is 4.04. The zero-order valence-electron chi connectivity index (χ0n) is 11.2. The highest BCUT2D eigenvalue weighted by Gasteiger charge is 2.15. The Hall–Kier alpha value is -1.40. The second-order valence-corrected chi connectivity index (χ2v) is 5.49. The van der Waals surface area contributed by atoms with Crippen molar-refractivity contribution in [3.8, 4) is 5.75 Å². The van der Waals surface area contributed by atoms with Gasteiger partial charge in [0.1, 0.15) is 5.75 Å². The first-order valence-electron chi connectivity index (χ1n) is 6.05. The van der Waals surface area contributed by atoms with E-state index in [0.29, 0.717) is 23.5 Å². The van der Waals surface area contributed by atoms with Gasteiger partial charge in [-0.2, -0.15) is 0 Å². The fraction of sp³-hybridized carbons (Fsp3) is 0.462. The Morgan fingerprint density at radius 3 is 2.95 bits per heavy atom. The number of benzene rings is 1. The standard InChI is InChI=1S/C13H20N2O3S/c1-9(19-7-3-6-16)13(17)15-11-5-4-10(14)8-12(11)18-2/h4-5,8-9,16H,3,6-7,14H2,1-2H3,(H,15,17). The zero-order valence-corrected chi connectivity index (χ0v) is 12.0. The molecule has 5 nitrogen and oxygen atoms in total. The summed E-state index contributed by atoms with van der Waals surface area (Å²) in [5, 5.41) is 11.3. The summed E-state index contributed by atoms with van der Waals surface area (Å²) in [5.74, 6) is 1.20. The molecule has 1 amide bonds. The van der Waals surface area contributed by atoms with Crippen LogP contribution in [0.15, 0.2) is 18.2 Å². The number of anilines is 2. The minimum absolute atomic E-state index is 0.0917. The molecule has 1 atom stereocenters. The maximum absolute atomic E-state index is 12.0. The van der Waals surface area contributed by atoms with E-state index < -0.39 is 0 Å². The Bertz CT molecular complexity index is 426. The molecule has 4 N–H and O–H groups in total. The van der Waals surface area contributed by atoms with Gasteiger partial charge in [-0.05, 0) is 31.2 Å². The number of carbonyl (C=O) groups is 1. The van der Waals surface area contributed by atoms with Crippen LogP contribution in [0.3, 0.4) is 0 Å². The molecular weight excluding hydrogens is 264 g/mol. The normalized spacial score (nSPS) is 11.9. The van der Waals surface area contributed by atoms with Gasteiger partial charge in [-0.15, -0.1) is 11.8 Å². The SMILES string of the molecule is COc1cc(N)ccc1NC(=O)C(C)SCCCO. The molecule has 0 bridgehead atoms. The Balaban J connectivity index is 2.61. The van der Waals surface area contributed by atoms with Gasteiger partial charge < -0.3 is 20.9 Å². The summed E-state index contributed by atoms with van der Waals surface area (Å²) < 4.78 is 5.17. The van der Waals surface area contributed by atoms with E-state index >= 15 is 0 Å². The monoisotopic (exact) mass is 284 g/mol. The number of nitrogens with two attached hydrogens (primary N) is 1. The quantitative estimate of drug-likeness (QED) is 0.524. The number of carbonyl (C=O) groups excluding carboxylic acids is 1. The highest BCUT2D eigenvalue weighted by atomic mass is 32.2. The Kier molecular flexibility index (Phi) is 6.52. The molecule has 1 rings (SSSR count). The molecular formula is C13H20N2O3S. The van der Waals surface area contributed by atoms with Crippen molar-refractivity contribution in [1.29, 1.82) is 0 Å². The number of hydrogen-bond donors (Lipinski definition) is 3. The van der Waals surface area contributed by atoms with Crippen molar-refractivity contribution in [2.24, 2.45) is 0 Å². The van der Waals surface area contributed by atoms with Gasteiger partial charge in [-0.25, -0.2) is 0 Å². The molecule has 1 unspecified atom stereocenters. The number of hydrogen-bond acceptors (Lipinski definition) is 5. The lowest BCUT2D eigenvalue weighted by molar-refractivity contribution is -0.115. The molecule has 0 aromatic heterocycles. The van der Waals surface area contributed by atoms with Crippen molar-refractivity contribution in [3.05, 3.63) is 18.2 Å². The third-order valence-corrected chi connectivity index (χ3v) is 3.76. The fourth-order valence-corrected chi connectivity index (χ4v) is 2.31. The van der Waals surface area contributed by atoms with Crippen LogP contribution in [0.25, 0.3) is 0 Å². The lowest BCUT2D eigenvalue weighted by Gasteiger charge is -2.14. The highest BCUT2D eigenvalue weighted by molar-refractivity contribution is 8.00. The number of ether oxygens (including phenoxy) is 1. The van der Waals surface area contributed by atoms with Gasteiger partial charge in [0, 0.05) is 18.4 Å². The topological polar surface area (TPSA) is 84.6 Å².